The lowest BCUT2D eigenvalue weighted by Crippen LogP contribution is -2.25. The molecule has 2 N–H and O–H groups in total. The predicted molar refractivity (Wildman–Crippen MR) is 163 cm³/mol. The van der Waals surface area contributed by atoms with E-state index in [2.05, 4.69) is 0 Å². The van der Waals surface area contributed by atoms with Crippen LogP contribution in [0, 0.1) is 11.6 Å². The van der Waals surface area contributed by atoms with E-state index in [1.807, 2.05) is 109 Å². The number of benzene rings is 6. The fourth-order valence-corrected chi connectivity index (χ4v) is 4.72. The summed E-state index contributed by atoms with van der Waals surface area (Å²) in [6.07, 6.45) is 0. The van der Waals surface area contributed by atoms with Gasteiger partial charge in [0.15, 0.2) is 0 Å². The Morgan fingerprint density at radius 2 is 0.833 bits per heavy atom. The second kappa shape index (κ2) is 12.0. The van der Waals surface area contributed by atoms with E-state index in [9.17, 15) is 8.78 Å². The smallest absolute Gasteiger partial charge is 0.135 e. The largest absolute Gasteiger partial charge is 0.457 e. The SMILES string of the molecule is NN(c1cc(F)cc(Oc2ccccc2-c2ccccc2)c1)c1cc(F)cc(Oc2ccccc2-c2ccccc2)c1. The molecule has 0 atom stereocenters. The van der Waals surface area contributed by atoms with E-state index in [0.717, 1.165) is 22.3 Å². The van der Waals surface area contributed by atoms with Gasteiger partial charge in [0.1, 0.15) is 34.6 Å². The number of hydrazine groups is 1. The first-order valence-corrected chi connectivity index (χ1v) is 13.3. The highest BCUT2D eigenvalue weighted by atomic mass is 19.1. The Bertz CT molecular complexity index is 1690. The molecule has 6 rings (SSSR count). The first kappa shape index (κ1) is 26.7. The van der Waals surface area contributed by atoms with Crippen molar-refractivity contribution in [3.8, 4) is 45.3 Å². The molecule has 206 valence electrons. The van der Waals surface area contributed by atoms with Gasteiger partial charge < -0.3 is 9.47 Å². The summed E-state index contributed by atoms with van der Waals surface area (Å²) in [5, 5.41) is 1.19. The number of para-hydroxylation sites is 2. The van der Waals surface area contributed by atoms with Crippen molar-refractivity contribution in [2.45, 2.75) is 0 Å². The van der Waals surface area contributed by atoms with Crippen molar-refractivity contribution in [2.75, 3.05) is 5.01 Å². The molecule has 0 bridgehead atoms. The van der Waals surface area contributed by atoms with Crippen LogP contribution in [0.4, 0.5) is 20.2 Å². The molecule has 0 spiro atoms. The van der Waals surface area contributed by atoms with Crippen LogP contribution in [0.15, 0.2) is 146 Å². The van der Waals surface area contributed by atoms with Crippen molar-refractivity contribution < 1.29 is 18.3 Å². The lowest BCUT2D eigenvalue weighted by atomic mass is 10.0. The van der Waals surface area contributed by atoms with Crippen molar-refractivity contribution >= 4 is 11.4 Å². The number of halogens is 2. The third kappa shape index (κ3) is 5.99. The molecule has 0 amide bonds. The van der Waals surface area contributed by atoms with Crippen LogP contribution in [-0.4, -0.2) is 0 Å². The van der Waals surface area contributed by atoms with Gasteiger partial charge in [-0.2, -0.15) is 0 Å². The van der Waals surface area contributed by atoms with Gasteiger partial charge in [-0.25, -0.2) is 14.6 Å². The third-order valence-electron chi connectivity index (χ3n) is 6.67. The van der Waals surface area contributed by atoms with Crippen LogP contribution in [0.3, 0.4) is 0 Å². The van der Waals surface area contributed by atoms with Crippen LogP contribution in [-0.2, 0) is 0 Å². The molecule has 0 aliphatic carbocycles. The Morgan fingerprint density at radius 3 is 1.26 bits per heavy atom. The number of anilines is 2. The van der Waals surface area contributed by atoms with Gasteiger partial charge >= 0.3 is 0 Å². The monoisotopic (exact) mass is 556 g/mol. The Morgan fingerprint density at radius 1 is 0.452 bits per heavy atom. The Balaban J connectivity index is 1.29. The summed E-state index contributed by atoms with van der Waals surface area (Å²) < 4.78 is 41.9. The molecule has 42 heavy (non-hydrogen) atoms. The molecule has 6 aromatic rings. The molecular formula is C36H26F2N2O2. The zero-order chi connectivity index (χ0) is 28.9. The second-order valence-corrected chi connectivity index (χ2v) is 9.59. The molecule has 0 unspecified atom stereocenters. The molecule has 0 radical (unpaired) electrons. The molecular weight excluding hydrogens is 530 g/mol. The number of hydrogen-bond acceptors (Lipinski definition) is 4. The van der Waals surface area contributed by atoms with Crippen LogP contribution < -0.4 is 20.3 Å². The van der Waals surface area contributed by atoms with Crippen molar-refractivity contribution in [1.29, 1.82) is 0 Å². The fourth-order valence-electron chi connectivity index (χ4n) is 4.72. The third-order valence-corrected chi connectivity index (χ3v) is 6.67. The first-order valence-electron chi connectivity index (χ1n) is 13.3. The molecule has 0 fully saturated rings. The molecule has 0 saturated carbocycles. The highest BCUT2D eigenvalue weighted by Crippen LogP contribution is 2.38. The van der Waals surface area contributed by atoms with Crippen LogP contribution in [0.2, 0.25) is 0 Å². The van der Waals surface area contributed by atoms with E-state index in [-0.39, 0.29) is 22.9 Å². The fraction of sp³-hybridized carbons (Fsp3) is 0. The lowest BCUT2D eigenvalue weighted by molar-refractivity contribution is 0.478. The van der Waals surface area contributed by atoms with E-state index >= 15 is 0 Å². The number of nitrogens with two attached hydrogens (primary N) is 1. The number of ether oxygens (including phenoxy) is 2. The van der Waals surface area contributed by atoms with E-state index in [4.69, 9.17) is 15.3 Å². The maximum Gasteiger partial charge on any atom is 0.135 e. The van der Waals surface area contributed by atoms with Crippen molar-refractivity contribution in [2.24, 2.45) is 5.84 Å². The molecule has 0 saturated heterocycles. The predicted octanol–water partition coefficient (Wildman–Crippen LogP) is 9.90. The standard InChI is InChI=1S/C36H26F2N2O2/c37-27-19-29(23-31(21-27)41-35-17-9-7-15-33(35)25-11-3-1-4-12-25)40(39)30-20-28(38)22-32(24-30)42-36-18-10-8-16-34(36)26-13-5-2-6-14-26/h1-24H,39H2. The maximum atomic E-state index is 14.8. The zero-order valence-corrected chi connectivity index (χ0v) is 22.5. The van der Waals surface area contributed by atoms with Gasteiger partial charge in [0.2, 0.25) is 0 Å². The van der Waals surface area contributed by atoms with Crippen LogP contribution in [0.1, 0.15) is 0 Å². The molecule has 6 heteroatoms. The average Bonchev–Trinajstić information content (AvgIpc) is 3.01. The van der Waals surface area contributed by atoms with Gasteiger partial charge in [-0.3, -0.25) is 5.01 Å². The topological polar surface area (TPSA) is 47.7 Å². The normalized spacial score (nSPS) is 10.7. The number of rotatable bonds is 8. The highest BCUT2D eigenvalue weighted by Gasteiger charge is 2.15. The van der Waals surface area contributed by atoms with Gasteiger partial charge in [-0.1, -0.05) is 97.1 Å². The van der Waals surface area contributed by atoms with E-state index in [1.165, 1.54) is 29.3 Å². The van der Waals surface area contributed by atoms with Gasteiger partial charge in [-0.05, 0) is 35.4 Å². The molecule has 0 aliphatic heterocycles. The van der Waals surface area contributed by atoms with Gasteiger partial charge in [0.25, 0.3) is 0 Å². The quantitative estimate of drug-likeness (QED) is 0.150. The molecule has 0 heterocycles. The molecule has 6 aromatic carbocycles. The van der Waals surface area contributed by atoms with Crippen molar-refractivity contribution in [3.05, 3.63) is 157 Å². The minimum Gasteiger partial charge on any atom is -0.457 e. The second-order valence-electron chi connectivity index (χ2n) is 9.59. The summed E-state index contributed by atoms with van der Waals surface area (Å²) in [6.45, 7) is 0. The molecule has 0 aliphatic rings. The summed E-state index contributed by atoms with van der Waals surface area (Å²) >= 11 is 0. The molecule has 4 nitrogen and oxygen atoms in total. The Kier molecular flexibility index (Phi) is 7.62. The number of nitrogens with zero attached hydrogens (tertiary/aromatic N) is 1. The lowest BCUT2D eigenvalue weighted by Gasteiger charge is -2.21. The summed E-state index contributed by atoms with van der Waals surface area (Å²) in [6, 6.07) is 42.8. The summed E-state index contributed by atoms with van der Waals surface area (Å²) in [4.78, 5) is 0. The number of hydrogen-bond donors (Lipinski definition) is 1. The van der Waals surface area contributed by atoms with Crippen LogP contribution >= 0.6 is 0 Å². The summed E-state index contributed by atoms with van der Waals surface area (Å²) in [5.41, 5.74) is 4.18. The van der Waals surface area contributed by atoms with E-state index in [1.54, 1.807) is 12.1 Å². The van der Waals surface area contributed by atoms with Gasteiger partial charge in [0.05, 0.1) is 11.4 Å². The highest BCUT2D eigenvalue weighted by molar-refractivity contribution is 5.72. The Hall–Kier alpha value is -5.46. The van der Waals surface area contributed by atoms with E-state index < -0.39 is 11.6 Å². The zero-order valence-electron chi connectivity index (χ0n) is 22.5. The first-order chi connectivity index (χ1) is 20.5. The summed E-state index contributed by atoms with van der Waals surface area (Å²) in [5.74, 6) is 6.90. The maximum absolute atomic E-state index is 14.8. The Labute approximate surface area is 242 Å². The minimum absolute atomic E-state index is 0.244. The van der Waals surface area contributed by atoms with E-state index in [0.29, 0.717) is 11.5 Å². The van der Waals surface area contributed by atoms with Crippen LogP contribution in [0.5, 0.6) is 23.0 Å². The minimum atomic E-state index is -0.556. The van der Waals surface area contributed by atoms with Gasteiger partial charge in [0, 0.05) is 35.4 Å². The van der Waals surface area contributed by atoms with Crippen molar-refractivity contribution in [1.82, 2.24) is 0 Å². The van der Waals surface area contributed by atoms with Crippen LogP contribution in [0.25, 0.3) is 22.3 Å². The average molecular weight is 557 g/mol. The summed E-state index contributed by atoms with van der Waals surface area (Å²) in [7, 11) is 0. The van der Waals surface area contributed by atoms with Crippen molar-refractivity contribution in [3.63, 3.8) is 0 Å². The van der Waals surface area contributed by atoms with Gasteiger partial charge in [-0.15, -0.1) is 0 Å². The molecule has 0 aromatic heterocycles.